The van der Waals surface area contributed by atoms with Gasteiger partial charge < -0.3 is 20.2 Å². The van der Waals surface area contributed by atoms with Crippen molar-refractivity contribution in [2.45, 2.75) is 76.9 Å². The van der Waals surface area contributed by atoms with Gasteiger partial charge in [0.25, 0.3) is 0 Å². The molecule has 2 aromatic heterocycles. The molecule has 0 amide bonds. The molecule has 3 aromatic rings. The summed E-state index contributed by atoms with van der Waals surface area (Å²) < 4.78 is 33.6. The van der Waals surface area contributed by atoms with Crippen LogP contribution in [0, 0.1) is 12.8 Å². The van der Waals surface area contributed by atoms with Crippen molar-refractivity contribution in [2.24, 2.45) is 5.92 Å². The van der Waals surface area contributed by atoms with E-state index in [0.29, 0.717) is 22.0 Å². The van der Waals surface area contributed by atoms with Crippen molar-refractivity contribution in [1.29, 1.82) is 0 Å². The summed E-state index contributed by atoms with van der Waals surface area (Å²) in [5, 5.41) is 32.2. The minimum atomic E-state index is -5.08. The van der Waals surface area contributed by atoms with E-state index >= 15 is 0 Å². The van der Waals surface area contributed by atoms with Crippen molar-refractivity contribution in [3.8, 4) is 0 Å². The van der Waals surface area contributed by atoms with Crippen LogP contribution in [0.5, 0.6) is 0 Å². The van der Waals surface area contributed by atoms with Gasteiger partial charge in [-0.05, 0) is 69.7 Å². The number of hydrogen-bond donors (Lipinski definition) is 3. The molecule has 11 nitrogen and oxygen atoms in total. The molecule has 1 aromatic carbocycles. The van der Waals surface area contributed by atoms with Crippen molar-refractivity contribution >= 4 is 52.1 Å². The number of aliphatic carboxylic acids is 2. The maximum absolute atomic E-state index is 11.2. The number of rotatable bonds is 7. The molecule has 0 bridgehead atoms. The predicted molar refractivity (Wildman–Crippen MR) is 162 cm³/mol. The Balaban J connectivity index is 0.000000591. The Morgan fingerprint density at radius 2 is 1.84 bits per heavy atom. The fourth-order valence-electron chi connectivity index (χ4n) is 6.18. The SMILES string of the molecule is Cc1nn([C@H](C)c2ccc(Cl)cc2Cl)c2nc(N3CCC(N4CCC[C@H]4CC(O)C(=O)O)C(C)C3)cnc12.O=C(O)C(F)(F)F. The van der Waals surface area contributed by atoms with E-state index in [4.69, 9.17) is 53.3 Å². The molecule has 5 rings (SSSR count). The zero-order valence-corrected chi connectivity index (χ0v) is 26.4. The van der Waals surface area contributed by atoms with E-state index in [2.05, 4.69) is 16.7 Å². The lowest BCUT2D eigenvalue weighted by molar-refractivity contribution is -0.192. The fourth-order valence-corrected chi connectivity index (χ4v) is 6.74. The lowest BCUT2D eigenvalue weighted by atomic mass is 9.91. The van der Waals surface area contributed by atoms with Crippen molar-refractivity contribution < 1.29 is 38.1 Å². The smallest absolute Gasteiger partial charge is 0.479 e. The van der Waals surface area contributed by atoms with Gasteiger partial charge in [-0.25, -0.2) is 24.2 Å². The second-order valence-corrected chi connectivity index (χ2v) is 12.3. The standard InChI is InChI=1S/C27H34Cl2N6O3.C2HF3O2/c1-15-14-33(10-8-22(15)34-9-4-5-19(34)12-23(36)27(37)38)24-13-30-25-16(2)32-35(26(25)31-24)17(3)20-7-6-18(28)11-21(20)29;3-2(4,5)1(6)7/h6-7,11,13,15,17,19,22-23,36H,4-5,8-10,12,14H2,1-3H3,(H,37,38);(H,6,7)/t15?,17-,19+,22?,23?;/m1./s1. The van der Waals surface area contributed by atoms with Gasteiger partial charge >= 0.3 is 18.1 Å². The van der Waals surface area contributed by atoms with Gasteiger partial charge in [0, 0.05) is 35.2 Å². The molecule has 3 N–H and O–H groups in total. The molecule has 4 heterocycles. The minimum Gasteiger partial charge on any atom is -0.479 e. The zero-order chi connectivity index (χ0) is 33.2. The van der Waals surface area contributed by atoms with Crippen LogP contribution >= 0.6 is 23.2 Å². The van der Waals surface area contributed by atoms with Crippen molar-refractivity contribution in [2.75, 3.05) is 24.5 Å². The summed E-state index contributed by atoms with van der Waals surface area (Å²) in [6.45, 7) is 8.81. The number of carboxylic acid groups (broad SMARTS) is 2. The Kier molecular flexibility index (Phi) is 10.8. The molecule has 16 heteroatoms. The molecular weight excluding hydrogens is 640 g/mol. The van der Waals surface area contributed by atoms with E-state index in [0.717, 1.165) is 67.1 Å². The van der Waals surface area contributed by atoms with E-state index in [9.17, 15) is 23.1 Å². The highest BCUT2D eigenvalue weighted by Gasteiger charge is 2.39. The largest absolute Gasteiger partial charge is 0.490 e. The van der Waals surface area contributed by atoms with Crippen molar-refractivity contribution in [3.63, 3.8) is 0 Å². The number of fused-ring (bicyclic) bond motifs is 1. The first-order valence-corrected chi connectivity index (χ1v) is 15.2. The molecule has 2 fully saturated rings. The summed E-state index contributed by atoms with van der Waals surface area (Å²) in [5.74, 6) is -2.73. The zero-order valence-electron chi connectivity index (χ0n) is 24.9. The maximum Gasteiger partial charge on any atom is 0.490 e. The number of hydrogen-bond acceptors (Lipinski definition) is 8. The van der Waals surface area contributed by atoms with E-state index in [-0.39, 0.29) is 18.5 Å². The number of carboxylic acids is 2. The Labute approximate surface area is 267 Å². The highest BCUT2D eigenvalue weighted by molar-refractivity contribution is 6.35. The minimum absolute atomic E-state index is 0.106. The summed E-state index contributed by atoms with van der Waals surface area (Å²) in [5.41, 5.74) is 3.21. The third-order valence-electron chi connectivity index (χ3n) is 8.39. The average molecular weight is 676 g/mol. The number of aliphatic hydroxyl groups is 1. The van der Waals surface area contributed by atoms with Crippen LogP contribution in [0.25, 0.3) is 11.2 Å². The number of halogens is 5. The summed E-state index contributed by atoms with van der Waals surface area (Å²) >= 11 is 12.6. The molecule has 2 aliphatic rings. The topological polar surface area (TPSA) is 145 Å². The predicted octanol–water partition coefficient (Wildman–Crippen LogP) is 5.20. The molecule has 2 saturated heterocycles. The molecule has 0 spiro atoms. The normalized spacial score (nSPS) is 22.2. The van der Waals surface area contributed by atoms with Crippen LogP contribution in [0.3, 0.4) is 0 Å². The molecule has 5 atom stereocenters. The van der Waals surface area contributed by atoms with Crippen molar-refractivity contribution in [1.82, 2.24) is 24.6 Å². The summed E-state index contributed by atoms with van der Waals surface area (Å²) in [6.07, 6.45) is -1.38. The Hall–Kier alpha value is -3.20. The van der Waals surface area contributed by atoms with Gasteiger partial charge in [0.05, 0.1) is 17.9 Å². The van der Waals surface area contributed by atoms with Gasteiger partial charge in [0.2, 0.25) is 0 Å². The van der Waals surface area contributed by atoms with E-state index in [1.54, 1.807) is 6.07 Å². The van der Waals surface area contributed by atoms with Gasteiger partial charge in [-0.2, -0.15) is 18.3 Å². The van der Waals surface area contributed by atoms with Gasteiger partial charge in [0.1, 0.15) is 11.3 Å². The van der Waals surface area contributed by atoms with Crippen LogP contribution in [0.2, 0.25) is 10.0 Å². The molecule has 0 radical (unpaired) electrons. The number of carbonyl (C=O) groups is 2. The second kappa shape index (κ2) is 14.1. The number of nitrogens with zero attached hydrogens (tertiary/aromatic N) is 6. The number of likely N-dealkylation sites (tertiary alicyclic amines) is 1. The lowest BCUT2D eigenvalue weighted by Gasteiger charge is -2.44. The highest BCUT2D eigenvalue weighted by Crippen LogP contribution is 2.34. The lowest BCUT2D eigenvalue weighted by Crippen LogP contribution is -2.52. The molecule has 0 saturated carbocycles. The Morgan fingerprint density at radius 3 is 2.44 bits per heavy atom. The molecule has 45 heavy (non-hydrogen) atoms. The number of benzene rings is 1. The van der Waals surface area contributed by atoms with Crippen LogP contribution in [0.15, 0.2) is 24.4 Å². The summed E-state index contributed by atoms with van der Waals surface area (Å²) in [7, 11) is 0. The number of aryl methyl sites for hydroxylation is 1. The first-order chi connectivity index (χ1) is 21.1. The van der Waals surface area contributed by atoms with Crippen molar-refractivity contribution in [3.05, 3.63) is 45.7 Å². The first-order valence-electron chi connectivity index (χ1n) is 14.5. The van der Waals surface area contributed by atoms with E-state index in [1.807, 2.05) is 36.9 Å². The molecule has 246 valence electrons. The van der Waals surface area contributed by atoms with Gasteiger partial charge in [-0.1, -0.05) is 36.2 Å². The van der Waals surface area contributed by atoms with Crippen LogP contribution in [-0.2, 0) is 9.59 Å². The van der Waals surface area contributed by atoms with Crippen LogP contribution in [-0.4, -0.2) is 95.9 Å². The van der Waals surface area contributed by atoms with Crippen LogP contribution in [0.4, 0.5) is 19.0 Å². The molecule has 0 aliphatic carbocycles. The second-order valence-electron chi connectivity index (χ2n) is 11.5. The fraction of sp³-hybridized carbons (Fsp3) is 0.552. The van der Waals surface area contributed by atoms with Gasteiger partial charge in [0.15, 0.2) is 11.8 Å². The number of piperidine rings is 1. The monoisotopic (exact) mass is 674 g/mol. The van der Waals surface area contributed by atoms with Gasteiger partial charge in [-0.15, -0.1) is 0 Å². The van der Waals surface area contributed by atoms with Crippen LogP contribution in [0.1, 0.15) is 56.8 Å². The third-order valence-corrected chi connectivity index (χ3v) is 8.96. The molecular formula is C29H35Cl2F3N6O5. The Bertz CT molecular complexity index is 1540. The maximum atomic E-state index is 11.2. The summed E-state index contributed by atoms with van der Waals surface area (Å²) in [6, 6.07) is 5.78. The number of aliphatic hydroxyl groups excluding tert-OH is 1. The molecule has 2 aliphatic heterocycles. The van der Waals surface area contributed by atoms with E-state index < -0.39 is 24.2 Å². The number of aromatic nitrogens is 4. The summed E-state index contributed by atoms with van der Waals surface area (Å²) in [4.78, 5) is 34.6. The quantitative estimate of drug-likeness (QED) is 0.306. The van der Waals surface area contributed by atoms with E-state index in [1.165, 1.54) is 0 Å². The first kappa shape index (κ1) is 34.7. The number of alkyl halides is 3. The highest BCUT2D eigenvalue weighted by atomic mass is 35.5. The van der Waals surface area contributed by atoms with Crippen LogP contribution < -0.4 is 4.90 Å². The Morgan fingerprint density at radius 1 is 1.16 bits per heavy atom. The average Bonchev–Trinajstić information content (AvgIpc) is 3.56. The molecule has 3 unspecified atom stereocenters. The van der Waals surface area contributed by atoms with Gasteiger partial charge in [-0.3, -0.25) is 4.90 Å². The third kappa shape index (κ3) is 7.97. The number of anilines is 1.